The molecule has 0 saturated carbocycles. The van der Waals surface area contributed by atoms with Crippen molar-refractivity contribution in [1.29, 1.82) is 0 Å². The van der Waals surface area contributed by atoms with Crippen LogP contribution in [0.5, 0.6) is 0 Å². The number of piperidine rings is 2. The van der Waals surface area contributed by atoms with Crippen molar-refractivity contribution in [3.63, 3.8) is 0 Å². The van der Waals surface area contributed by atoms with E-state index in [2.05, 4.69) is 54.5 Å². The van der Waals surface area contributed by atoms with E-state index in [1.165, 1.54) is 50.5 Å². The average molecular weight is 286 g/mol. The number of hydrogen-bond acceptors (Lipinski definition) is 2. The molecule has 2 saturated heterocycles. The highest BCUT2D eigenvalue weighted by Gasteiger charge is 2.39. The van der Waals surface area contributed by atoms with Gasteiger partial charge in [-0.3, -0.25) is 4.90 Å². The molecule has 0 radical (unpaired) electrons. The topological polar surface area (TPSA) is 15.3 Å². The number of aryl methyl sites for hydroxylation is 1. The van der Waals surface area contributed by atoms with Crippen molar-refractivity contribution < 1.29 is 0 Å². The van der Waals surface area contributed by atoms with E-state index in [-0.39, 0.29) is 0 Å². The maximum Gasteiger partial charge on any atom is 0.0116 e. The lowest BCUT2D eigenvalue weighted by Gasteiger charge is -2.51. The fraction of sp³-hybridized carbons (Fsp3) is 0.684. The molecule has 3 atom stereocenters. The van der Waals surface area contributed by atoms with Gasteiger partial charge >= 0.3 is 0 Å². The molecule has 2 heterocycles. The second-order valence-electron chi connectivity index (χ2n) is 7.02. The summed E-state index contributed by atoms with van der Waals surface area (Å²) in [6, 6.07) is 14.1. The van der Waals surface area contributed by atoms with Crippen molar-refractivity contribution in [2.45, 2.75) is 76.0 Å². The van der Waals surface area contributed by atoms with Crippen molar-refractivity contribution >= 4 is 0 Å². The van der Waals surface area contributed by atoms with Crippen LogP contribution in [0.1, 0.15) is 51.0 Å². The lowest BCUT2D eigenvalue weighted by molar-refractivity contribution is -0.00652. The molecule has 3 unspecified atom stereocenters. The highest BCUT2D eigenvalue weighted by atomic mass is 15.2. The van der Waals surface area contributed by atoms with E-state index in [0.29, 0.717) is 0 Å². The molecule has 1 aromatic rings. The molecule has 0 spiro atoms. The van der Waals surface area contributed by atoms with Gasteiger partial charge < -0.3 is 5.32 Å². The lowest BCUT2D eigenvalue weighted by Crippen LogP contribution is -2.58. The zero-order valence-electron chi connectivity index (χ0n) is 13.6. The van der Waals surface area contributed by atoms with Crippen LogP contribution in [0, 0.1) is 0 Å². The third-order valence-electron chi connectivity index (χ3n) is 5.64. The minimum Gasteiger partial charge on any atom is -0.317 e. The predicted molar refractivity (Wildman–Crippen MR) is 89.6 cm³/mol. The molecule has 21 heavy (non-hydrogen) atoms. The van der Waals surface area contributed by atoms with Crippen molar-refractivity contribution in [2.24, 2.45) is 0 Å². The standard InChI is InChI=1S/C19H30N2/c1-15(11-12-16-7-4-3-5-8-16)21-18-9-6-10-19(21)14-17(13-18)20-2/h3-5,7-8,15,17-20H,6,9-14H2,1-2H3. The van der Waals surface area contributed by atoms with Gasteiger partial charge in [0.15, 0.2) is 0 Å². The maximum atomic E-state index is 3.52. The number of rotatable bonds is 5. The van der Waals surface area contributed by atoms with E-state index in [1.807, 2.05) is 0 Å². The first-order chi connectivity index (χ1) is 10.3. The lowest BCUT2D eigenvalue weighted by atomic mass is 9.80. The summed E-state index contributed by atoms with van der Waals surface area (Å²) in [6.07, 6.45) is 9.46. The Morgan fingerprint density at radius 3 is 2.43 bits per heavy atom. The van der Waals surface area contributed by atoms with Crippen LogP contribution in [0.2, 0.25) is 0 Å². The molecule has 0 aliphatic carbocycles. The summed E-state index contributed by atoms with van der Waals surface area (Å²) in [4.78, 5) is 2.88. The monoisotopic (exact) mass is 286 g/mol. The third kappa shape index (κ3) is 3.49. The van der Waals surface area contributed by atoms with E-state index in [9.17, 15) is 0 Å². The Morgan fingerprint density at radius 1 is 1.14 bits per heavy atom. The van der Waals surface area contributed by atoms with Crippen LogP contribution in [0.15, 0.2) is 30.3 Å². The van der Waals surface area contributed by atoms with Crippen molar-refractivity contribution in [2.75, 3.05) is 7.05 Å². The van der Waals surface area contributed by atoms with Gasteiger partial charge in [-0.1, -0.05) is 36.8 Å². The largest absolute Gasteiger partial charge is 0.317 e. The normalized spacial score (nSPS) is 31.0. The molecule has 2 bridgehead atoms. The molecular formula is C19H30N2. The zero-order valence-corrected chi connectivity index (χ0v) is 13.6. The molecular weight excluding hydrogens is 256 g/mol. The quantitative estimate of drug-likeness (QED) is 0.889. The van der Waals surface area contributed by atoms with Crippen LogP contribution >= 0.6 is 0 Å². The van der Waals surface area contributed by atoms with Crippen LogP contribution in [0.25, 0.3) is 0 Å². The highest BCUT2D eigenvalue weighted by molar-refractivity contribution is 5.14. The molecule has 1 aromatic carbocycles. The number of fused-ring (bicyclic) bond motifs is 2. The average Bonchev–Trinajstić information content (AvgIpc) is 2.52. The van der Waals surface area contributed by atoms with E-state index in [1.54, 1.807) is 0 Å². The second-order valence-corrected chi connectivity index (χ2v) is 7.02. The minimum absolute atomic E-state index is 0.721. The molecule has 0 amide bonds. The Labute approximate surface area is 129 Å². The van der Waals surface area contributed by atoms with Gasteiger partial charge in [0.25, 0.3) is 0 Å². The number of nitrogens with one attached hydrogen (secondary N) is 1. The van der Waals surface area contributed by atoms with E-state index in [0.717, 1.165) is 24.2 Å². The third-order valence-corrected chi connectivity index (χ3v) is 5.64. The van der Waals surface area contributed by atoms with Gasteiger partial charge in [0.1, 0.15) is 0 Å². The van der Waals surface area contributed by atoms with E-state index < -0.39 is 0 Å². The maximum absolute atomic E-state index is 3.52. The van der Waals surface area contributed by atoms with E-state index in [4.69, 9.17) is 0 Å². The van der Waals surface area contributed by atoms with Gasteiger partial charge in [-0.05, 0) is 58.1 Å². The molecule has 116 valence electrons. The zero-order chi connectivity index (χ0) is 14.7. The summed E-state index contributed by atoms with van der Waals surface area (Å²) in [5.41, 5.74) is 1.49. The number of nitrogens with zero attached hydrogens (tertiary/aromatic N) is 1. The Bertz CT molecular complexity index is 416. The first-order valence-corrected chi connectivity index (χ1v) is 8.76. The second kappa shape index (κ2) is 6.93. The van der Waals surface area contributed by atoms with Crippen LogP contribution in [-0.2, 0) is 6.42 Å². The Kier molecular flexibility index (Phi) is 4.97. The minimum atomic E-state index is 0.721. The molecule has 3 rings (SSSR count). The summed E-state index contributed by atoms with van der Waals surface area (Å²) in [7, 11) is 2.13. The van der Waals surface area contributed by atoms with Crippen LogP contribution in [0.3, 0.4) is 0 Å². The molecule has 2 aliphatic heterocycles. The highest BCUT2D eigenvalue weighted by Crippen LogP contribution is 2.36. The Hall–Kier alpha value is -0.860. The molecule has 2 fully saturated rings. The van der Waals surface area contributed by atoms with Crippen LogP contribution in [-0.4, -0.2) is 36.1 Å². The summed E-state index contributed by atoms with van der Waals surface area (Å²) in [5, 5.41) is 3.52. The fourth-order valence-electron chi connectivity index (χ4n) is 4.54. The fourth-order valence-corrected chi connectivity index (χ4v) is 4.54. The van der Waals surface area contributed by atoms with Crippen molar-refractivity contribution in [1.82, 2.24) is 10.2 Å². The van der Waals surface area contributed by atoms with Gasteiger partial charge in [-0.2, -0.15) is 0 Å². The van der Waals surface area contributed by atoms with Crippen molar-refractivity contribution in [3.05, 3.63) is 35.9 Å². The number of benzene rings is 1. The van der Waals surface area contributed by atoms with Gasteiger partial charge in [0.05, 0.1) is 0 Å². The first-order valence-electron chi connectivity index (χ1n) is 8.76. The Balaban J connectivity index is 1.60. The summed E-state index contributed by atoms with van der Waals surface area (Å²) < 4.78 is 0. The molecule has 0 aromatic heterocycles. The van der Waals surface area contributed by atoms with Crippen molar-refractivity contribution in [3.8, 4) is 0 Å². The van der Waals surface area contributed by atoms with Crippen LogP contribution < -0.4 is 5.32 Å². The predicted octanol–water partition coefficient (Wildman–Crippen LogP) is 3.61. The molecule has 2 heteroatoms. The van der Waals surface area contributed by atoms with Gasteiger partial charge in [0.2, 0.25) is 0 Å². The Morgan fingerprint density at radius 2 is 1.81 bits per heavy atom. The summed E-state index contributed by atoms with van der Waals surface area (Å²) in [6.45, 7) is 2.45. The van der Waals surface area contributed by atoms with Gasteiger partial charge in [-0.25, -0.2) is 0 Å². The molecule has 2 nitrogen and oxygen atoms in total. The summed E-state index contributed by atoms with van der Waals surface area (Å²) in [5.74, 6) is 0. The van der Waals surface area contributed by atoms with Gasteiger partial charge in [0, 0.05) is 24.2 Å². The SMILES string of the molecule is CNC1CC2CCCC(C1)N2C(C)CCc1ccccc1. The molecule has 2 aliphatic rings. The van der Waals surface area contributed by atoms with Gasteiger partial charge in [-0.15, -0.1) is 0 Å². The van der Waals surface area contributed by atoms with Crippen LogP contribution in [0.4, 0.5) is 0 Å². The summed E-state index contributed by atoms with van der Waals surface area (Å²) >= 11 is 0. The molecule has 1 N–H and O–H groups in total. The number of hydrogen-bond donors (Lipinski definition) is 1. The van der Waals surface area contributed by atoms with E-state index >= 15 is 0 Å². The first kappa shape index (κ1) is 15.1. The smallest absolute Gasteiger partial charge is 0.0116 e.